The minimum absolute atomic E-state index is 0.301. The van der Waals surface area contributed by atoms with E-state index in [1.165, 1.54) is 6.39 Å². The van der Waals surface area contributed by atoms with Crippen LogP contribution in [0.4, 0.5) is 0 Å². The van der Waals surface area contributed by atoms with Gasteiger partial charge in [-0.3, -0.25) is 0 Å². The third-order valence-electron chi connectivity index (χ3n) is 2.22. The number of methoxy groups -OCH3 is 1. The third-order valence-corrected chi connectivity index (χ3v) is 2.22. The molecule has 0 fully saturated rings. The Balaban J connectivity index is 2.77. The van der Waals surface area contributed by atoms with Gasteiger partial charge >= 0.3 is 0 Å². The van der Waals surface area contributed by atoms with Gasteiger partial charge in [0, 0.05) is 13.5 Å². The molecule has 1 rings (SSSR count). The van der Waals surface area contributed by atoms with E-state index in [0.29, 0.717) is 12.2 Å². The van der Waals surface area contributed by atoms with Crippen molar-refractivity contribution in [3.63, 3.8) is 0 Å². The summed E-state index contributed by atoms with van der Waals surface area (Å²) >= 11 is 0. The van der Waals surface area contributed by atoms with Crippen LogP contribution in [0.2, 0.25) is 0 Å². The standard InChI is InChI=1S/C9H17N3O2/c1-8(2,13-4)5-9(3,10)7-11-6-14-12-7/h6H,5,10H2,1-4H3. The third kappa shape index (κ3) is 2.52. The Bertz CT molecular complexity index is 280. The Labute approximate surface area is 83.6 Å². The van der Waals surface area contributed by atoms with E-state index in [1.807, 2.05) is 20.8 Å². The van der Waals surface area contributed by atoms with Crippen LogP contribution in [-0.4, -0.2) is 22.9 Å². The molecule has 1 heterocycles. The van der Waals surface area contributed by atoms with E-state index in [9.17, 15) is 0 Å². The first-order valence-corrected chi connectivity index (χ1v) is 4.48. The molecule has 14 heavy (non-hydrogen) atoms. The van der Waals surface area contributed by atoms with Gasteiger partial charge in [0.05, 0.1) is 11.1 Å². The molecule has 0 aliphatic rings. The van der Waals surface area contributed by atoms with Gasteiger partial charge in [-0.25, -0.2) is 0 Å². The van der Waals surface area contributed by atoms with Crippen molar-refractivity contribution in [1.29, 1.82) is 0 Å². The molecule has 0 spiro atoms. The minimum atomic E-state index is -0.632. The van der Waals surface area contributed by atoms with Crippen LogP contribution >= 0.6 is 0 Å². The molecular weight excluding hydrogens is 182 g/mol. The summed E-state index contributed by atoms with van der Waals surface area (Å²) in [4.78, 5) is 3.95. The largest absolute Gasteiger partial charge is 0.379 e. The van der Waals surface area contributed by atoms with Gasteiger partial charge in [0.25, 0.3) is 0 Å². The lowest BCUT2D eigenvalue weighted by Gasteiger charge is -2.31. The van der Waals surface area contributed by atoms with Crippen molar-refractivity contribution in [3.05, 3.63) is 12.2 Å². The second kappa shape index (κ2) is 3.67. The fraction of sp³-hybridized carbons (Fsp3) is 0.778. The number of ether oxygens (including phenoxy) is 1. The van der Waals surface area contributed by atoms with Crippen LogP contribution in [0.25, 0.3) is 0 Å². The van der Waals surface area contributed by atoms with Crippen LogP contribution in [0.15, 0.2) is 10.9 Å². The van der Waals surface area contributed by atoms with Gasteiger partial charge in [0.2, 0.25) is 6.39 Å². The fourth-order valence-corrected chi connectivity index (χ4v) is 1.46. The van der Waals surface area contributed by atoms with Crippen LogP contribution in [0.1, 0.15) is 33.0 Å². The van der Waals surface area contributed by atoms with E-state index in [2.05, 4.69) is 14.7 Å². The number of rotatable bonds is 4. The lowest BCUT2D eigenvalue weighted by atomic mass is 9.88. The molecule has 0 amide bonds. The molecule has 1 aromatic heterocycles. The first-order chi connectivity index (χ1) is 6.37. The van der Waals surface area contributed by atoms with E-state index < -0.39 is 5.54 Å². The van der Waals surface area contributed by atoms with Gasteiger partial charge in [-0.1, -0.05) is 5.16 Å². The zero-order chi connectivity index (χ0) is 10.8. The normalized spacial score (nSPS) is 16.6. The van der Waals surface area contributed by atoms with Crippen molar-refractivity contribution in [1.82, 2.24) is 10.1 Å². The number of nitrogens with zero attached hydrogens (tertiary/aromatic N) is 2. The van der Waals surface area contributed by atoms with E-state index in [-0.39, 0.29) is 5.60 Å². The van der Waals surface area contributed by atoms with Crippen molar-refractivity contribution in [2.45, 2.75) is 38.3 Å². The molecular formula is C9H17N3O2. The molecule has 5 heteroatoms. The van der Waals surface area contributed by atoms with Crippen molar-refractivity contribution in [3.8, 4) is 0 Å². The Kier molecular flexibility index (Phi) is 2.92. The summed E-state index contributed by atoms with van der Waals surface area (Å²) in [5.41, 5.74) is 5.15. The van der Waals surface area contributed by atoms with Gasteiger partial charge in [-0.15, -0.1) is 0 Å². The highest BCUT2D eigenvalue weighted by Gasteiger charge is 2.33. The average Bonchev–Trinajstić information content (AvgIpc) is 2.54. The molecule has 0 saturated heterocycles. The summed E-state index contributed by atoms with van der Waals surface area (Å²) in [6.45, 7) is 5.80. The summed E-state index contributed by atoms with van der Waals surface area (Å²) in [5, 5.41) is 3.74. The Morgan fingerprint density at radius 2 is 2.14 bits per heavy atom. The second-order valence-corrected chi connectivity index (χ2v) is 4.31. The SMILES string of the molecule is COC(C)(C)CC(C)(N)c1ncon1. The molecule has 0 aliphatic heterocycles. The van der Waals surface area contributed by atoms with E-state index >= 15 is 0 Å². The van der Waals surface area contributed by atoms with Crippen molar-refractivity contribution in [2.24, 2.45) is 5.73 Å². The average molecular weight is 199 g/mol. The summed E-state index contributed by atoms with van der Waals surface area (Å²) in [7, 11) is 1.66. The predicted octanol–water partition coefficient (Wildman–Crippen LogP) is 1.06. The molecule has 0 aliphatic carbocycles. The van der Waals surface area contributed by atoms with Crippen molar-refractivity contribution >= 4 is 0 Å². The van der Waals surface area contributed by atoms with Gasteiger partial charge < -0.3 is 15.0 Å². The number of nitrogens with two attached hydrogens (primary N) is 1. The lowest BCUT2D eigenvalue weighted by molar-refractivity contribution is -0.00280. The molecule has 0 bridgehead atoms. The topological polar surface area (TPSA) is 74.2 Å². The van der Waals surface area contributed by atoms with E-state index in [1.54, 1.807) is 7.11 Å². The maximum atomic E-state index is 6.08. The predicted molar refractivity (Wildman–Crippen MR) is 51.5 cm³/mol. The maximum absolute atomic E-state index is 6.08. The molecule has 1 aromatic rings. The molecule has 1 unspecified atom stereocenters. The van der Waals surface area contributed by atoms with Gasteiger partial charge in [0.1, 0.15) is 0 Å². The Hall–Kier alpha value is -0.940. The molecule has 0 radical (unpaired) electrons. The highest BCUT2D eigenvalue weighted by molar-refractivity contribution is 5.01. The Morgan fingerprint density at radius 1 is 1.50 bits per heavy atom. The van der Waals surface area contributed by atoms with Crippen LogP contribution in [-0.2, 0) is 10.3 Å². The molecule has 0 saturated carbocycles. The van der Waals surface area contributed by atoms with Gasteiger partial charge in [-0.2, -0.15) is 4.98 Å². The van der Waals surface area contributed by atoms with E-state index in [0.717, 1.165) is 0 Å². The molecule has 5 nitrogen and oxygen atoms in total. The van der Waals surface area contributed by atoms with Crippen LogP contribution in [0, 0.1) is 0 Å². The van der Waals surface area contributed by atoms with Crippen LogP contribution in [0.3, 0.4) is 0 Å². The highest BCUT2D eigenvalue weighted by atomic mass is 16.5. The summed E-state index contributed by atoms with van der Waals surface area (Å²) in [5.74, 6) is 0.502. The van der Waals surface area contributed by atoms with Crippen molar-refractivity contribution in [2.75, 3.05) is 7.11 Å². The summed E-state index contributed by atoms with van der Waals surface area (Å²) in [6.07, 6.45) is 1.90. The van der Waals surface area contributed by atoms with Crippen LogP contribution in [0.5, 0.6) is 0 Å². The summed E-state index contributed by atoms with van der Waals surface area (Å²) < 4.78 is 9.97. The summed E-state index contributed by atoms with van der Waals surface area (Å²) in [6, 6.07) is 0. The fourth-order valence-electron chi connectivity index (χ4n) is 1.46. The minimum Gasteiger partial charge on any atom is -0.379 e. The van der Waals surface area contributed by atoms with Crippen molar-refractivity contribution < 1.29 is 9.26 Å². The van der Waals surface area contributed by atoms with Crippen LogP contribution < -0.4 is 5.73 Å². The number of hydrogen-bond donors (Lipinski definition) is 1. The zero-order valence-corrected chi connectivity index (χ0v) is 9.07. The maximum Gasteiger partial charge on any atom is 0.213 e. The zero-order valence-electron chi connectivity index (χ0n) is 9.07. The highest BCUT2D eigenvalue weighted by Crippen LogP contribution is 2.27. The molecule has 0 aromatic carbocycles. The quantitative estimate of drug-likeness (QED) is 0.784. The first kappa shape index (κ1) is 11.1. The van der Waals surface area contributed by atoms with Gasteiger partial charge in [0.15, 0.2) is 5.82 Å². The lowest BCUT2D eigenvalue weighted by Crippen LogP contribution is -2.42. The first-order valence-electron chi connectivity index (χ1n) is 4.48. The number of hydrogen-bond acceptors (Lipinski definition) is 5. The molecule has 80 valence electrons. The number of aromatic nitrogens is 2. The molecule has 1 atom stereocenters. The Morgan fingerprint density at radius 3 is 2.57 bits per heavy atom. The van der Waals surface area contributed by atoms with E-state index in [4.69, 9.17) is 10.5 Å². The smallest absolute Gasteiger partial charge is 0.213 e. The molecule has 2 N–H and O–H groups in total. The second-order valence-electron chi connectivity index (χ2n) is 4.31. The van der Waals surface area contributed by atoms with Gasteiger partial charge in [-0.05, 0) is 20.8 Å². The monoisotopic (exact) mass is 199 g/mol.